The van der Waals surface area contributed by atoms with Crippen LogP contribution < -0.4 is 0 Å². The molecule has 0 fully saturated rings. The summed E-state index contributed by atoms with van der Waals surface area (Å²) in [6.45, 7) is 3.99. The molecular formula is C32H33F3. The quantitative estimate of drug-likeness (QED) is 0.285. The highest BCUT2D eigenvalue weighted by atomic mass is 19.2. The highest BCUT2D eigenvalue weighted by molar-refractivity contribution is 5.74. The number of hydrogen-bond donors (Lipinski definition) is 0. The van der Waals surface area contributed by atoms with Crippen LogP contribution in [-0.2, 0) is 6.42 Å². The molecule has 1 aliphatic carbocycles. The van der Waals surface area contributed by atoms with Crippen LogP contribution in [0.1, 0.15) is 63.5 Å². The molecule has 1 atom stereocenters. The Balaban J connectivity index is 1.49. The van der Waals surface area contributed by atoms with E-state index < -0.39 is 11.6 Å². The average molecular weight is 475 g/mol. The maximum absolute atomic E-state index is 15.1. The van der Waals surface area contributed by atoms with E-state index in [4.69, 9.17) is 0 Å². The van der Waals surface area contributed by atoms with Crippen LogP contribution in [0.15, 0.2) is 72.8 Å². The van der Waals surface area contributed by atoms with Crippen molar-refractivity contribution in [3.63, 3.8) is 0 Å². The van der Waals surface area contributed by atoms with Crippen molar-refractivity contribution in [2.75, 3.05) is 0 Å². The summed E-state index contributed by atoms with van der Waals surface area (Å²) < 4.78 is 44.1. The van der Waals surface area contributed by atoms with E-state index >= 15 is 4.39 Å². The number of aryl methyl sites for hydroxylation is 1. The van der Waals surface area contributed by atoms with Crippen molar-refractivity contribution < 1.29 is 13.2 Å². The maximum Gasteiger partial charge on any atom is 0.166 e. The minimum absolute atomic E-state index is 0.218. The van der Waals surface area contributed by atoms with Gasteiger partial charge in [0.05, 0.1) is 0 Å². The summed E-state index contributed by atoms with van der Waals surface area (Å²) in [7, 11) is 0. The summed E-state index contributed by atoms with van der Waals surface area (Å²) in [5.41, 5.74) is 4.62. The Morgan fingerprint density at radius 1 is 0.857 bits per heavy atom. The Bertz CT molecular complexity index is 1220. The normalized spacial score (nSPS) is 16.0. The minimum atomic E-state index is -0.816. The molecule has 0 spiro atoms. The van der Waals surface area contributed by atoms with Crippen molar-refractivity contribution >= 4 is 5.57 Å². The van der Waals surface area contributed by atoms with Gasteiger partial charge in [-0.25, -0.2) is 13.2 Å². The van der Waals surface area contributed by atoms with Crippen molar-refractivity contribution in [2.24, 2.45) is 5.92 Å². The van der Waals surface area contributed by atoms with Crippen LogP contribution in [0.3, 0.4) is 0 Å². The van der Waals surface area contributed by atoms with Gasteiger partial charge in [-0.05, 0) is 85.3 Å². The number of halogens is 3. The van der Waals surface area contributed by atoms with Gasteiger partial charge in [0.1, 0.15) is 5.82 Å². The van der Waals surface area contributed by atoms with Gasteiger partial charge in [0.2, 0.25) is 0 Å². The van der Waals surface area contributed by atoms with Crippen LogP contribution in [0.25, 0.3) is 27.8 Å². The van der Waals surface area contributed by atoms with Crippen LogP contribution >= 0.6 is 0 Å². The SMILES string of the molecule is CC=CCCC1CC=C(c2ccc(-c3ccc(-c4ccc(CCC)c(F)c4F)cc3)cc2F)CC1. The molecular weight excluding hydrogens is 441 g/mol. The lowest BCUT2D eigenvalue weighted by atomic mass is 9.84. The van der Waals surface area contributed by atoms with E-state index in [9.17, 15) is 8.78 Å². The first-order valence-electron chi connectivity index (χ1n) is 12.7. The number of hydrogen-bond acceptors (Lipinski definition) is 0. The molecule has 3 aromatic carbocycles. The molecule has 3 heteroatoms. The van der Waals surface area contributed by atoms with Crippen LogP contribution in [0, 0.1) is 23.4 Å². The molecule has 0 nitrogen and oxygen atoms in total. The van der Waals surface area contributed by atoms with Gasteiger partial charge in [-0.3, -0.25) is 0 Å². The Labute approximate surface area is 207 Å². The van der Waals surface area contributed by atoms with Gasteiger partial charge in [0.15, 0.2) is 11.6 Å². The highest BCUT2D eigenvalue weighted by Crippen LogP contribution is 2.35. The molecule has 4 rings (SSSR count). The summed E-state index contributed by atoms with van der Waals surface area (Å²) >= 11 is 0. The van der Waals surface area contributed by atoms with Crippen LogP contribution in [-0.4, -0.2) is 0 Å². The van der Waals surface area contributed by atoms with Gasteiger partial charge in [-0.15, -0.1) is 0 Å². The second-order valence-corrected chi connectivity index (χ2v) is 9.44. The molecule has 1 unspecified atom stereocenters. The number of rotatable bonds is 8. The lowest BCUT2D eigenvalue weighted by Gasteiger charge is -2.22. The first-order chi connectivity index (χ1) is 17.0. The third-order valence-electron chi connectivity index (χ3n) is 7.02. The van der Waals surface area contributed by atoms with E-state index in [-0.39, 0.29) is 11.4 Å². The van der Waals surface area contributed by atoms with Crippen LogP contribution in [0.4, 0.5) is 13.2 Å². The topological polar surface area (TPSA) is 0 Å². The molecule has 0 bridgehead atoms. The van der Waals surface area contributed by atoms with Gasteiger partial charge >= 0.3 is 0 Å². The fourth-order valence-electron chi connectivity index (χ4n) is 4.97. The molecule has 0 heterocycles. The van der Waals surface area contributed by atoms with Crippen molar-refractivity contribution in [3.8, 4) is 22.3 Å². The number of benzene rings is 3. The summed E-state index contributed by atoms with van der Waals surface area (Å²) in [6, 6.07) is 15.8. The van der Waals surface area contributed by atoms with Crippen LogP contribution in [0.2, 0.25) is 0 Å². The molecule has 0 aromatic heterocycles. The Morgan fingerprint density at radius 3 is 2.23 bits per heavy atom. The first kappa shape index (κ1) is 25.0. The molecule has 0 radical (unpaired) electrons. The van der Waals surface area contributed by atoms with E-state index in [1.54, 1.807) is 30.3 Å². The van der Waals surface area contributed by atoms with Crippen molar-refractivity contribution in [2.45, 2.75) is 58.8 Å². The first-order valence-corrected chi connectivity index (χ1v) is 12.7. The molecule has 0 amide bonds. The van der Waals surface area contributed by atoms with E-state index in [1.165, 1.54) is 6.42 Å². The summed E-state index contributed by atoms with van der Waals surface area (Å²) in [6.07, 6.45) is 13.1. The predicted octanol–water partition coefficient (Wildman–Crippen LogP) is 9.93. The minimum Gasteiger partial charge on any atom is -0.206 e. The Kier molecular flexibility index (Phi) is 8.28. The zero-order valence-electron chi connectivity index (χ0n) is 20.6. The second kappa shape index (κ2) is 11.6. The fourth-order valence-corrected chi connectivity index (χ4v) is 4.97. The summed E-state index contributed by atoms with van der Waals surface area (Å²) in [4.78, 5) is 0. The Morgan fingerprint density at radius 2 is 1.57 bits per heavy atom. The molecule has 0 saturated carbocycles. The standard InChI is InChI=1S/C32H33F3/c1-3-5-6-8-22-9-11-24(12-10-22)28-19-18-27(21-30(28)33)23-13-15-25(16-14-23)29-20-17-26(7-4-2)31(34)32(29)35/h3,5,11,13-22H,4,6-10,12H2,1-2H3. The van der Waals surface area contributed by atoms with Crippen molar-refractivity contribution in [3.05, 3.63) is 101 Å². The molecule has 0 saturated heterocycles. The van der Waals surface area contributed by atoms with Gasteiger partial charge in [0, 0.05) is 11.1 Å². The van der Waals surface area contributed by atoms with E-state index in [2.05, 4.69) is 18.2 Å². The molecule has 182 valence electrons. The fraction of sp³-hybridized carbons (Fsp3) is 0.312. The van der Waals surface area contributed by atoms with E-state index in [0.29, 0.717) is 29.0 Å². The zero-order valence-corrected chi connectivity index (χ0v) is 20.6. The van der Waals surface area contributed by atoms with E-state index in [1.807, 2.05) is 38.1 Å². The largest absolute Gasteiger partial charge is 0.206 e. The van der Waals surface area contributed by atoms with Gasteiger partial charge in [0.25, 0.3) is 0 Å². The smallest absolute Gasteiger partial charge is 0.166 e. The maximum atomic E-state index is 15.1. The van der Waals surface area contributed by atoms with Gasteiger partial charge in [-0.1, -0.05) is 80.1 Å². The zero-order chi connectivity index (χ0) is 24.8. The second-order valence-electron chi connectivity index (χ2n) is 9.44. The van der Waals surface area contributed by atoms with E-state index in [0.717, 1.165) is 48.8 Å². The molecule has 3 aromatic rings. The third-order valence-corrected chi connectivity index (χ3v) is 7.02. The third kappa shape index (κ3) is 5.78. The monoisotopic (exact) mass is 474 g/mol. The lowest BCUT2D eigenvalue weighted by Crippen LogP contribution is -2.06. The van der Waals surface area contributed by atoms with Gasteiger partial charge in [-0.2, -0.15) is 0 Å². The highest BCUT2D eigenvalue weighted by Gasteiger charge is 2.18. The number of allylic oxidation sites excluding steroid dienone is 4. The lowest BCUT2D eigenvalue weighted by molar-refractivity contribution is 0.453. The van der Waals surface area contributed by atoms with Crippen molar-refractivity contribution in [1.82, 2.24) is 0 Å². The molecule has 0 N–H and O–H groups in total. The average Bonchev–Trinajstić information content (AvgIpc) is 2.88. The summed E-state index contributed by atoms with van der Waals surface area (Å²) in [5.74, 6) is -1.13. The van der Waals surface area contributed by atoms with Gasteiger partial charge < -0.3 is 0 Å². The summed E-state index contributed by atoms with van der Waals surface area (Å²) in [5, 5.41) is 0. The molecule has 35 heavy (non-hydrogen) atoms. The predicted molar refractivity (Wildman–Crippen MR) is 141 cm³/mol. The molecule has 1 aliphatic rings. The Hall–Kier alpha value is -3.07. The van der Waals surface area contributed by atoms with Crippen LogP contribution in [0.5, 0.6) is 0 Å². The van der Waals surface area contributed by atoms with Crippen molar-refractivity contribution in [1.29, 1.82) is 0 Å². The molecule has 0 aliphatic heterocycles.